The summed E-state index contributed by atoms with van der Waals surface area (Å²) in [5.41, 5.74) is 0.659. The summed E-state index contributed by atoms with van der Waals surface area (Å²) in [6.45, 7) is 0. The second kappa shape index (κ2) is 9.67. The van der Waals surface area contributed by atoms with Crippen molar-refractivity contribution in [1.29, 1.82) is 0 Å². The number of anilines is 1. The molecule has 4 rings (SSSR count). The van der Waals surface area contributed by atoms with Crippen molar-refractivity contribution in [1.82, 2.24) is 4.83 Å². The van der Waals surface area contributed by atoms with Crippen molar-refractivity contribution in [2.45, 2.75) is 4.90 Å². The number of para-hydroxylation sites is 1. The predicted octanol–water partition coefficient (Wildman–Crippen LogP) is 3.50. The smallest absolute Gasteiger partial charge is 0.276 e. The minimum absolute atomic E-state index is 0.0222. The Balaban J connectivity index is 1.75. The van der Waals surface area contributed by atoms with Gasteiger partial charge in [-0.1, -0.05) is 36.4 Å². The highest BCUT2D eigenvalue weighted by Gasteiger charge is 2.16. The van der Waals surface area contributed by atoms with Gasteiger partial charge in [0, 0.05) is 29.3 Å². The van der Waals surface area contributed by atoms with Crippen LogP contribution in [0.1, 0.15) is 10.4 Å². The summed E-state index contributed by atoms with van der Waals surface area (Å²) < 4.78 is 41.5. The third kappa shape index (κ3) is 5.02. The molecule has 0 unspecified atom stereocenters. The summed E-state index contributed by atoms with van der Waals surface area (Å²) >= 11 is 0. The lowest BCUT2D eigenvalue weighted by atomic mass is 10.1. The summed E-state index contributed by atoms with van der Waals surface area (Å²) in [6, 6.07) is 21.2. The van der Waals surface area contributed by atoms with E-state index in [1.165, 1.54) is 26.4 Å². The Hall–Kier alpha value is -4.31. The normalized spacial score (nSPS) is 11.8. The first-order valence-corrected chi connectivity index (χ1v) is 11.6. The van der Waals surface area contributed by atoms with Gasteiger partial charge in [-0.25, -0.2) is 0 Å². The van der Waals surface area contributed by atoms with Crippen LogP contribution in [0, 0.1) is 0 Å². The lowest BCUT2D eigenvalue weighted by molar-refractivity contribution is 0.102. The molecule has 0 atom stereocenters. The van der Waals surface area contributed by atoms with E-state index in [2.05, 4.69) is 15.2 Å². The topological polar surface area (TPSA) is 119 Å². The number of sulfonamides is 1. The van der Waals surface area contributed by atoms with E-state index in [0.29, 0.717) is 28.2 Å². The van der Waals surface area contributed by atoms with E-state index in [1.54, 1.807) is 66.7 Å². The van der Waals surface area contributed by atoms with Gasteiger partial charge < -0.3 is 19.2 Å². The number of methoxy groups -OCH3 is 2. The number of fused-ring (bicyclic) bond motifs is 1. The zero-order valence-corrected chi connectivity index (χ0v) is 19.1. The van der Waals surface area contributed by atoms with Crippen molar-refractivity contribution in [3.8, 4) is 11.5 Å². The van der Waals surface area contributed by atoms with Crippen molar-refractivity contribution in [2.75, 3.05) is 19.5 Å². The summed E-state index contributed by atoms with van der Waals surface area (Å²) in [5, 5.41) is 7.30. The highest BCUT2D eigenvalue weighted by atomic mass is 32.2. The first-order valence-electron chi connectivity index (χ1n) is 10.1. The van der Waals surface area contributed by atoms with Crippen LogP contribution in [0.2, 0.25) is 0 Å². The van der Waals surface area contributed by atoms with Crippen LogP contribution in [-0.4, -0.2) is 28.5 Å². The second-order valence-corrected chi connectivity index (χ2v) is 8.74. The minimum Gasteiger partial charge on any atom is -0.497 e. The molecular weight excluding hydrogens is 458 g/mol. The van der Waals surface area contributed by atoms with Gasteiger partial charge >= 0.3 is 0 Å². The Kier molecular flexibility index (Phi) is 6.51. The maximum atomic E-state index is 13.2. The van der Waals surface area contributed by atoms with E-state index in [9.17, 15) is 13.2 Å². The fraction of sp³-hybridized carbons (Fsp3) is 0.0833. The van der Waals surface area contributed by atoms with Gasteiger partial charge in [0.1, 0.15) is 22.6 Å². The Morgan fingerprint density at radius 2 is 1.53 bits per heavy atom. The molecule has 1 heterocycles. The monoisotopic (exact) mass is 479 g/mol. The highest BCUT2D eigenvalue weighted by molar-refractivity contribution is 7.89. The minimum atomic E-state index is -3.97. The zero-order chi connectivity index (χ0) is 24.1. The first kappa shape index (κ1) is 22.9. The third-order valence-electron chi connectivity index (χ3n) is 4.83. The molecular formula is C24H21N3O6S. The Morgan fingerprint density at radius 1 is 0.882 bits per heavy atom. The van der Waals surface area contributed by atoms with Crippen LogP contribution in [0.4, 0.5) is 5.69 Å². The number of carbonyl (C=O) groups excluding carboxylic acids is 1. The van der Waals surface area contributed by atoms with E-state index >= 15 is 0 Å². The van der Waals surface area contributed by atoms with Crippen LogP contribution in [0.3, 0.4) is 0 Å². The van der Waals surface area contributed by atoms with Crippen molar-refractivity contribution >= 4 is 32.6 Å². The summed E-state index contributed by atoms with van der Waals surface area (Å²) in [6.07, 6.45) is 0. The maximum Gasteiger partial charge on any atom is 0.276 e. The van der Waals surface area contributed by atoms with E-state index in [-0.39, 0.29) is 16.0 Å². The molecule has 0 aliphatic heterocycles. The Morgan fingerprint density at radius 3 is 2.21 bits per heavy atom. The van der Waals surface area contributed by atoms with Crippen molar-refractivity contribution < 1.29 is 27.1 Å². The molecule has 2 N–H and O–H groups in total. The molecule has 9 nitrogen and oxygen atoms in total. The number of hydrogen-bond donors (Lipinski definition) is 2. The Labute approximate surface area is 195 Å². The SMILES string of the molecule is COc1cc(NC(=O)c2cc3ccccc3o/c2=N\NS(=O)(=O)c2ccccc2)cc(OC)c1. The summed E-state index contributed by atoms with van der Waals surface area (Å²) in [7, 11) is -0.976. The molecule has 10 heteroatoms. The quantitative estimate of drug-likeness (QED) is 0.392. The third-order valence-corrected chi connectivity index (χ3v) is 6.06. The first-order chi connectivity index (χ1) is 16.4. The van der Waals surface area contributed by atoms with Crippen LogP contribution in [0.5, 0.6) is 11.5 Å². The molecule has 0 aliphatic rings. The van der Waals surface area contributed by atoms with Gasteiger partial charge in [0.25, 0.3) is 15.9 Å². The number of rotatable bonds is 7. The molecule has 0 fully saturated rings. The number of benzene rings is 3. The number of hydrogen-bond acceptors (Lipinski definition) is 7. The molecule has 174 valence electrons. The van der Waals surface area contributed by atoms with Gasteiger partial charge in [-0.3, -0.25) is 4.79 Å². The van der Waals surface area contributed by atoms with Crippen LogP contribution in [0.25, 0.3) is 11.0 Å². The van der Waals surface area contributed by atoms with E-state index in [4.69, 9.17) is 13.9 Å². The van der Waals surface area contributed by atoms with Gasteiger partial charge in [-0.05, 0) is 24.3 Å². The van der Waals surface area contributed by atoms with Crippen LogP contribution in [-0.2, 0) is 10.0 Å². The Bertz CT molecular complexity index is 1490. The molecule has 0 bridgehead atoms. The molecule has 0 saturated heterocycles. The average molecular weight is 480 g/mol. The van der Waals surface area contributed by atoms with Crippen LogP contribution in [0.15, 0.2) is 93.3 Å². The fourth-order valence-electron chi connectivity index (χ4n) is 3.15. The lowest BCUT2D eigenvalue weighted by Crippen LogP contribution is -2.27. The molecule has 0 radical (unpaired) electrons. The molecule has 1 aromatic heterocycles. The van der Waals surface area contributed by atoms with Gasteiger partial charge in [0.2, 0.25) is 5.55 Å². The van der Waals surface area contributed by atoms with Crippen molar-refractivity contribution in [3.63, 3.8) is 0 Å². The standard InChI is InChI=1S/C24H21N3O6S/c1-31-18-13-17(14-19(15-18)32-2)25-23(28)21-12-16-8-6-7-11-22(16)33-24(21)26-27-34(29,30)20-9-4-3-5-10-20/h3-15,27H,1-2H3,(H,25,28)/b26-24-. The number of ether oxygens (including phenoxy) is 2. The summed E-state index contributed by atoms with van der Waals surface area (Å²) in [4.78, 5) is 15.3. The van der Waals surface area contributed by atoms with Gasteiger partial charge in [0.05, 0.1) is 19.1 Å². The van der Waals surface area contributed by atoms with E-state index in [1.807, 2.05) is 0 Å². The number of nitrogens with zero attached hydrogens (tertiary/aromatic N) is 1. The molecule has 0 saturated carbocycles. The molecule has 3 aromatic carbocycles. The van der Waals surface area contributed by atoms with E-state index < -0.39 is 15.9 Å². The lowest BCUT2D eigenvalue weighted by Gasteiger charge is -2.10. The van der Waals surface area contributed by atoms with E-state index in [0.717, 1.165) is 0 Å². The fourth-order valence-corrected chi connectivity index (χ4v) is 3.97. The van der Waals surface area contributed by atoms with Crippen molar-refractivity contribution in [2.24, 2.45) is 5.10 Å². The van der Waals surface area contributed by atoms with Crippen LogP contribution >= 0.6 is 0 Å². The molecule has 0 spiro atoms. The predicted molar refractivity (Wildman–Crippen MR) is 126 cm³/mol. The molecule has 0 aliphatic carbocycles. The number of amides is 1. The largest absolute Gasteiger partial charge is 0.497 e. The average Bonchev–Trinajstić information content (AvgIpc) is 2.87. The van der Waals surface area contributed by atoms with Gasteiger partial charge in [0.15, 0.2) is 0 Å². The van der Waals surface area contributed by atoms with Gasteiger partial charge in [-0.15, -0.1) is 5.10 Å². The van der Waals surface area contributed by atoms with Crippen molar-refractivity contribution in [3.05, 3.63) is 90.0 Å². The molecule has 4 aromatic rings. The molecule has 34 heavy (non-hydrogen) atoms. The van der Waals surface area contributed by atoms with Crippen LogP contribution < -0.4 is 25.2 Å². The number of carbonyl (C=O) groups is 1. The second-order valence-electron chi connectivity index (χ2n) is 7.08. The molecule has 1 amide bonds. The maximum absolute atomic E-state index is 13.2. The summed E-state index contributed by atoms with van der Waals surface area (Å²) in [5.74, 6) is 0.402. The zero-order valence-electron chi connectivity index (χ0n) is 18.3. The van der Waals surface area contributed by atoms with Gasteiger partial charge in [-0.2, -0.15) is 13.2 Å². The number of nitrogens with one attached hydrogen (secondary N) is 2. The highest BCUT2D eigenvalue weighted by Crippen LogP contribution is 2.26.